The molecule has 0 aromatic heterocycles. The SMILES string of the molecule is CCC(CNC(=O)C1C2CCC(C2)C1NC(=O)OCC1c2ccccc2-c2ccccc21)C(=O)O. The highest BCUT2D eigenvalue weighted by Crippen LogP contribution is 2.49. The topological polar surface area (TPSA) is 105 Å². The summed E-state index contributed by atoms with van der Waals surface area (Å²) in [6.45, 7) is 2.13. The third-order valence-electron chi connectivity index (χ3n) is 8.21. The van der Waals surface area contributed by atoms with Crippen molar-refractivity contribution in [1.82, 2.24) is 10.6 Å². The van der Waals surface area contributed by atoms with E-state index in [4.69, 9.17) is 4.74 Å². The normalized spacial score (nSPS) is 24.9. The first-order valence-electron chi connectivity index (χ1n) is 12.6. The van der Waals surface area contributed by atoms with E-state index in [2.05, 4.69) is 34.9 Å². The minimum absolute atomic E-state index is 0.0192. The van der Waals surface area contributed by atoms with Gasteiger partial charge in [-0.25, -0.2) is 4.79 Å². The van der Waals surface area contributed by atoms with Crippen LogP contribution in [0.25, 0.3) is 11.1 Å². The van der Waals surface area contributed by atoms with Crippen molar-refractivity contribution in [2.75, 3.05) is 13.2 Å². The Morgan fingerprint density at radius 1 is 1.00 bits per heavy atom. The molecular weight excluding hydrogens is 444 g/mol. The molecule has 5 atom stereocenters. The Morgan fingerprint density at radius 2 is 1.63 bits per heavy atom. The third-order valence-corrected chi connectivity index (χ3v) is 8.21. The summed E-state index contributed by atoms with van der Waals surface area (Å²) in [5, 5.41) is 15.1. The molecule has 5 rings (SSSR count). The number of rotatable bonds is 8. The first-order chi connectivity index (χ1) is 17.0. The summed E-state index contributed by atoms with van der Waals surface area (Å²) in [4.78, 5) is 37.2. The van der Waals surface area contributed by atoms with E-state index in [1.54, 1.807) is 6.92 Å². The molecule has 0 saturated heterocycles. The van der Waals surface area contributed by atoms with Gasteiger partial charge in [-0.1, -0.05) is 55.5 Å². The van der Waals surface area contributed by atoms with Gasteiger partial charge in [0.15, 0.2) is 0 Å². The molecule has 3 N–H and O–H groups in total. The molecule has 0 aliphatic heterocycles. The Kier molecular flexibility index (Phi) is 6.50. The molecule has 0 heterocycles. The van der Waals surface area contributed by atoms with Crippen molar-refractivity contribution in [2.24, 2.45) is 23.7 Å². The van der Waals surface area contributed by atoms with Crippen LogP contribution in [0.15, 0.2) is 48.5 Å². The molecule has 2 amide bonds. The van der Waals surface area contributed by atoms with Crippen LogP contribution in [-0.2, 0) is 14.3 Å². The van der Waals surface area contributed by atoms with Crippen LogP contribution in [0.2, 0.25) is 0 Å². The monoisotopic (exact) mass is 476 g/mol. The van der Waals surface area contributed by atoms with Crippen molar-refractivity contribution in [1.29, 1.82) is 0 Å². The summed E-state index contributed by atoms with van der Waals surface area (Å²) in [7, 11) is 0. The lowest BCUT2D eigenvalue weighted by Gasteiger charge is -2.31. The van der Waals surface area contributed by atoms with Crippen molar-refractivity contribution in [3.63, 3.8) is 0 Å². The highest BCUT2D eigenvalue weighted by atomic mass is 16.5. The zero-order valence-corrected chi connectivity index (χ0v) is 19.9. The van der Waals surface area contributed by atoms with E-state index in [0.29, 0.717) is 6.42 Å². The lowest BCUT2D eigenvalue weighted by molar-refractivity contribution is -0.141. The van der Waals surface area contributed by atoms with Gasteiger partial charge in [0.1, 0.15) is 6.61 Å². The molecule has 184 valence electrons. The molecule has 2 aromatic carbocycles. The zero-order chi connectivity index (χ0) is 24.5. The number of fused-ring (bicyclic) bond motifs is 5. The van der Waals surface area contributed by atoms with Crippen molar-refractivity contribution in [2.45, 2.75) is 44.6 Å². The van der Waals surface area contributed by atoms with Crippen molar-refractivity contribution in [3.8, 4) is 11.1 Å². The molecule has 5 unspecified atom stereocenters. The Hall–Kier alpha value is -3.35. The molecule has 2 aromatic rings. The number of hydrogen-bond donors (Lipinski definition) is 3. The van der Waals surface area contributed by atoms with Crippen molar-refractivity contribution >= 4 is 18.0 Å². The summed E-state index contributed by atoms with van der Waals surface area (Å²) in [6, 6.07) is 16.1. The van der Waals surface area contributed by atoms with E-state index < -0.39 is 18.0 Å². The molecule has 7 nitrogen and oxygen atoms in total. The number of ether oxygens (including phenoxy) is 1. The van der Waals surface area contributed by atoms with Gasteiger partial charge in [-0.2, -0.15) is 0 Å². The van der Waals surface area contributed by atoms with Crippen LogP contribution in [0.3, 0.4) is 0 Å². The third kappa shape index (κ3) is 4.40. The summed E-state index contributed by atoms with van der Waals surface area (Å²) in [5.74, 6) is -1.59. The number of carbonyl (C=O) groups excluding carboxylic acids is 2. The summed E-state index contributed by atoms with van der Waals surface area (Å²) in [6.07, 6.45) is 2.80. The lowest BCUT2D eigenvalue weighted by atomic mass is 9.83. The fraction of sp³-hybridized carbons (Fsp3) is 0.464. The second-order valence-electron chi connectivity index (χ2n) is 10.0. The van der Waals surface area contributed by atoms with Crippen molar-refractivity contribution < 1.29 is 24.2 Å². The molecule has 2 fully saturated rings. The van der Waals surface area contributed by atoms with Gasteiger partial charge in [0, 0.05) is 18.5 Å². The van der Waals surface area contributed by atoms with Crippen LogP contribution in [0.4, 0.5) is 4.79 Å². The van der Waals surface area contributed by atoms with E-state index in [-0.39, 0.29) is 48.8 Å². The van der Waals surface area contributed by atoms with Crippen LogP contribution in [0, 0.1) is 23.7 Å². The van der Waals surface area contributed by atoms with Gasteiger partial charge in [-0.3, -0.25) is 9.59 Å². The number of aliphatic carboxylic acids is 1. The number of carbonyl (C=O) groups is 3. The maximum atomic E-state index is 13.0. The predicted molar refractivity (Wildman–Crippen MR) is 131 cm³/mol. The van der Waals surface area contributed by atoms with E-state index in [0.717, 1.165) is 30.4 Å². The molecule has 2 saturated carbocycles. The van der Waals surface area contributed by atoms with Crippen LogP contribution in [0.5, 0.6) is 0 Å². The Balaban J connectivity index is 1.22. The van der Waals surface area contributed by atoms with Crippen LogP contribution >= 0.6 is 0 Å². The minimum atomic E-state index is -0.908. The highest BCUT2D eigenvalue weighted by molar-refractivity contribution is 5.82. The smallest absolute Gasteiger partial charge is 0.407 e. The largest absolute Gasteiger partial charge is 0.481 e. The van der Waals surface area contributed by atoms with Crippen molar-refractivity contribution in [3.05, 3.63) is 59.7 Å². The standard InChI is InChI=1S/C28H32N2O5/c1-2-16(27(32)33)14-29-26(31)24-17-11-12-18(13-17)25(24)30-28(34)35-15-23-21-9-5-3-7-19(21)20-8-4-6-10-22(20)23/h3-10,16-18,23-25H,2,11-15H2,1H3,(H,29,31)(H,30,34)(H,32,33). The van der Waals surface area contributed by atoms with E-state index in [9.17, 15) is 19.5 Å². The Labute approximate surface area is 205 Å². The summed E-state index contributed by atoms with van der Waals surface area (Å²) < 4.78 is 5.72. The summed E-state index contributed by atoms with van der Waals surface area (Å²) in [5.41, 5.74) is 4.66. The Morgan fingerprint density at radius 3 is 2.26 bits per heavy atom. The number of hydrogen-bond acceptors (Lipinski definition) is 4. The highest BCUT2D eigenvalue weighted by Gasteiger charge is 2.51. The maximum absolute atomic E-state index is 13.0. The second-order valence-corrected chi connectivity index (χ2v) is 10.0. The van der Waals surface area contributed by atoms with Gasteiger partial charge >= 0.3 is 12.1 Å². The average Bonchev–Trinajstić information content (AvgIpc) is 3.55. The van der Waals surface area contributed by atoms with Gasteiger partial charge in [0.25, 0.3) is 0 Å². The molecule has 2 bridgehead atoms. The first kappa shape index (κ1) is 23.4. The van der Waals surface area contributed by atoms with Crippen LogP contribution in [-0.4, -0.2) is 42.3 Å². The molecule has 7 heteroatoms. The zero-order valence-electron chi connectivity index (χ0n) is 19.9. The van der Waals surface area contributed by atoms with E-state index in [1.165, 1.54) is 11.1 Å². The van der Waals surface area contributed by atoms with Gasteiger partial charge in [-0.05, 0) is 59.8 Å². The number of benzene rings is 2. The molecule has 3 aliphatic carbocycles. The second kappa shape index (κ2) is 9.72. The predicted octanol–water partition coefficient (Wildman–Crippen LogP) is 4.17. The molecule has 0 spiro atoms. The summed E-state index contributed by atoms with van der Waals surface area (Å²) >= 11 is 0. The minimum Gasteiger partial charge on any atom is -0.481 e. The number of alkyl carbamates (subject to hydrolysis) is 1. The number of nitrogens with one attached hydrogen (secondary N) is 2. The number of carboxylic acid groups (broad SMARTS) is 1. The molecular formula is C28H32N2O5. The van der Waals surface area contributed by atoms with Crippen LogP contribution < -0.4 is 10.6 Å². The number of amides is 2. The van der Waals surface area contributed by atoms with Gasteiger partial charge in [-0.15, -0.1) is 0 Å². The van der Waals surface area contributed by atoms with Gasteiger partial charge in [0.05, 0.1) is 11.8 Å². The number of carboxylic acids is 1. The molecule has 35 heavy (non-hydrogen) atoms. The van der Waals surface area contributed by atoms with E-state index >= 15 is 0 Å². The quantitative estimate of drug-likeness (QED) is 0.531. The van der Waals surface area contributed by atoms with Crippen LogP contribution in [0.1, 0.15) is 49.7 Å². The maximum Gasteiger partial charge on any atom is 0.407 e. The molecule has 0 radical (unpaired) electrons. The first-order valence-corrected chi connectivity index (χ1v) is 12.6. The molecule has 3 aliphatic rings. The fourth-order valence-electron chi connectivity index (χ4n) is 6.40. The Bertz CT molecular complexity index is 1090. The van der Waals surface area contributed by atoms with Gasteiger partial charge < -0.3 is 20.5 Å². The lowest BCUT2D eigenvalue weighted by Crippen LogP contribution is -2.50. The average molecular weight is 477 g/mol. The van der Waals surface area contributed by atoms with Gasteiger partial charge in [0.2, 0.25) is 5.91 Å². The fourth-order valence-corrected chi connectivity index (χ4v) is 6.40. The van der Waals surface area contributed by atoms with E-state index in [1.807, 2.05) is 24.3 Å².